The Balaban J connectivity index is 1.80. The van der Waals surface area contributed by atoms with Crippen LogP contribution in [0.3, 0.4) is 0 Å². The minimum atomic E-state index is -0.215. The van der Waals surface area contributed by atoms with E-state index in [0.29, 0.717) is 35.7 Å². The van der Waals surface area contributed by atoms with Crippen molar-refractivity contribution < 1.29 is 19.1 Å². The Morgan fingerprint density at radius 3 is 1.54 bits per heavy atom. The van der Waals surface area contributed by atoms with Gasteiger partial charge >= 0.3 is 0 Å². The van der Waals surface area contributed by atoms with Gasteiger partial charge in [0.25, 0.3) is 11.8 Å². The standard InChI is InChI=1S/C20H20N2O4/c23-19-15-7-1-3-9-17(15)25-13-14-26-18-10-4-2-8-16(18)20(24)22-12-6-5-11-21-19/h1-10H,11-14H2,(H,21,23)(H,22,24)/b6-5+. The summed E-state index contributed by atoms with van der Waals surface area (Å²) < 4.78 is 11.4. The first-order valence-corrected chi connectivity index (χ1v) is 8.41. The maximum absolute atomic E-state index is 12.3. The van der Waals surface area contributed by atoms with Gasteiger partial charge in [-0.3, -0.25) is 9.59 Å². The van der Waals surface area contributed by atoms with E-state index in [9.17, 15) is 9.59 Å². The van der Waals surface area contributed by atoms with Crippen molar-refractivity contribution in [1.29, 1.82) is 0 Å². The minimum Gasteiger partial charge on any atom is -0.489 e. The van der Waals surface area contributed by atoms with Crippen molar-refractivity contribution in [3.63, 3.8) is 0 Å². The fourth-order valence-corrected chi connectivity index (χ4v) is 2.52. The van der Waals surface area contributed by atoms with Crippen LogP contribution in [0.2, 0.25) is 0 Å². The second kappa shape index (κ2) is 8.71. The summed E-state index contributed by atoms with van der Waals surface area (Å²) in [6.45, 7) is 1.23. The molecule has 0 atom stereocenters. The lowest BCUT2D eigenvalue weighted by Crippen LogP contribution is -2.26. The van der Waals surface area contributed by atoms with E-state index in [1.165, 1.54) is 0 Å². The van der Waals surface area contributed by atoms with Crippen molar-refractivity contribution in [2.24, 2.45) is 0 Å². The summed E-state index contributed by atoms with van der Waals surface area (Å²) in [6.07, 6.45) is 3.58. The smallest absolute Gasteiger partial charge is 0.255 e. The maximum Gasteiger partial charge on any atom is 0.255 e. The number of amides is 2. The van der Waals surface area contributed by atoms with Crippen molar-refractivity contribution >= 4 is 11.8 Å². The molecular formula is C20H20N2O4. The van der Waals surface area contributed by atoms with E-state index in [4.69, 9.17) is 9.47 Å². The number of benzene rings is 2. The lowest BCUT2D eigenvalue weighted by molar-refractivity contribution is 0.0940. The number of hydrogen-bond donors (Lipinski definition) is 2. The van der Waals surface area contributed by atoms with E-state index in [-0.39, 0.29) is 25.0 Å². The molecule has 0 unspecified atom stereocenters. The van der Waals surface area contributed by atoms with E-state index in [2.05, 4.69) is 10.6 Å². The lowest BCUT2D eigenvalue weighted by atomic mass is 10.2. The zero-order valence-corrected chi connectivity index (χ0v) is 14.2. The van der Waals surface area contributed by atoms with E-state index in [1.807, 2.05) is 12.1 Å². The van der Waals surface area contributed by atoms with Crippen LogP contribution in [0.1, 0.15) is 20.7 Å². The molecule has 0 aliphatic carbocycles. The molecule has 1 aliphatic rings. The Kier molecular flexibility index (Phi) is 5.88. The quantitative estimate of drug-likeness (QED) is 0.713. The van der Waals surface area contributed by atoms with Gasteiger partial charge in [0.2, 0.25) is 0 Å². The summed E-state index contributed by atoms with van der Waals surface area (Å²) in [5.74, 6) is 0.562. The van der Waals surface area contributed by atoms with Gasteiger partial charge in [0, 0.05) is 13.1 Å². The predicted octanol–water partition coefficient (Wildman–Crippen LogP) is 2.17. The summed E-state index contributed by atoms with van der Waals surface area (Å²) >= 11 is 0. The molecular weight excluding hydrogens is 332 g/mol. The molecule has 0 fully saturated rings. The summed E-state index contributed by atoms with van der Waals surface area (Å²) in [5.41, 5.74) is 0.948. The molecule has 0 bridgehead atoms. The molecule has 3 rings (SSSR count). The Bertz CT molecular complexity index is 749. The van der Waals surface area contributed by atoms with E-state index in [1.54, 1.807) is 48.6 Å². The lowest BCUT2D eigenvalue weighted by Gasteiger charge is -2.14. The number of para-hydroxylation sites is 2. The number of fused-ring (bicyclic) bond motifs is 2. The van der Waals surface area contributed by atoms with Gasteiger partial charge in [-0.25, -0.2) is 0 Å². The van der Waals surface area contributed by atoms with Crippen LogP contribution in [-0.2, 0) is 0 Å². The Morgan fingerprint density at radius 1 is 0.654 bits per heavy atom. The largest absolute Gasteiger partial charge is 0.489 e. The van der Waals surface area contributed by atoms with Crippen LogP contribution < -0.4 is 20.1 Å². The van der Waals surface area contributed by atoms with Crippen LogP contribution in [0.15, 0.2) is 60.7 Å². The number of carbonyl (C=O) groups excluding carboxylic acids is 2. The Labute approximate surface area is 151 Å². The van der Waals surface area contributed by atoms with E-state index < -0.39 is 0 Å². The summed E-state index contributed by atoms with van der Waals surface area (Å²) in [5, 5.41) is 5.60. The molecule has 1 aliphatic heterocycles. The molecule has 0 aromatic heterocycles. The van der Waals surface area contributed by atoms with E-state index >= 15 is 0 Å². The van der Waals surface area contributed by atoms with Gasteiger partial charge < -0.3 is 20.1 Å². The third kappa shape index (κ3) is 4.42. The summed E-state index contributed by atoms with van der Waals surface area (Å²) in [4.78, 5) is 24.6. The second-order valence-electron chi connectivity index (χ2n) is 5.58. The molecule has 2 amide bonds. The highest BCUT2D eigenvalue weighted by molar-refractivity contribution is 5.97. The third-order valence-corrected chi connectivity index (χ3v) is 3.79. The topological polar surface area (TPSA) is 76.7 Å². The van der Waals surface area contributed by atoms with Gasteiger partial charge in [-0.2, -0.15) is 0 Å². The highest BCUT2D eigenvalue weighted by Gasteiger charge is 2.13. The molecule has 0 radical (unpaired) electrons. The zero-order chi connectivity index (χ0) is 18.2. The van der Waals surface area contributed by atoms with Crippen LogP contribution >= 0.6 is 0 Å². The summed E-state index contributed by atoms with van der Waals surface area (Å²) in [7, 11) is 0. The Morgan fingerprint density at radius 2 is 1.08 bits per heavy atom. The number of nitrogens with one attached hydrogen (secondary N) is 2. The first kappa shape index (κ1) is 17.5. The fourth-order valence-electron chi connectivity index (χ4n) is 2.52. The van der Waals surface area contributed by atoms with Crippen molar-refractivity contribution in [1.82, 2.24) is 10.6 Å². The SMILES string of the molecule is O=C1NC/C=C/CNC(=O)c2ccccc2OCCOc2ccccc21. The highest BCUT2D eigenvalue weighted by Crippen LogP contribution is 2.20. The van der Waals surface area contributed by atoms with E-state index in [0.717, 1.165) is 0 Å². The van der Waals surface area contributed by atoms with Crippen LogP contribution in [0.4, 0.5) is 0 Å². The maximum atomic E-state index is 12.3. The van der Waals surface area contributed by atoms with Crippen LogP contribution in [0.25, 0.3) is 0 Å². The molecule has 1 heterocycles. The number of rotatable bonds is 0. The normalized spacial score (nSPS) is 16.8. The van der Waals surface area contributed by atoms with Crippen molar-refractivity contribution in [3.8, 4) is 11.5 Å². The first-order valence-electron chi connectivity index (χ1n) is 8.41. The average Bonchev–Trinajstić information content (AvgIpc) is 2.67. The second-order valence-corrected chi connectivity index (χ2v) is 5.58. The van der Waals surface area contributed by atoms with Crippen molar-refractivity contribution in [2.75, 3.05) is 26.3 Å². The molecule has 26 heavy (non-hydrogen) atoms. The average molecular weight is 352 g/mol. The zero-order valence-electron chi connectivity index (χ0n) is 14.2. The van der Waals surface area contributed by atoms with Crippen LogP contribution in [-0.4, -0.2) is 38.1 Å². The molecule has 2 aromatic carbocycles. The number of carbonyl (C=O) groups is 2. The molecule has 2 N–H and O–H groups in total. The van der Waals surface area contributed by atoms with Gasteiger partial charge in [0.15, 0.2) is 0 Å². The monoisotopic (exact) mass is 352 g/mol. The van der Waals surface area contributed by atoms with Gasteiger partial charge in [0.05, 0.1) is 11.1 Å². The van der Waals surface area contributed by atoms with Gasteiger partial charge in [-0.1, -0.05) is 36.4 Å². The highest BCUT2D eigenvalue weighted by atomic mass is 16.5. The number of hydrogen-bond acceptors (Lipinski definition) is 4. The Hall–Kier alpha value is -3.28. The fraction of sp³-hybridized carbons (Fsp3) is 0.200. The number of ether oxygens (including phenoxy) is 2. The third-order valence-electron chi connectivity index (χ3n) is 3.79. The van der Waals surface area contributed by atoms with Crippen molar-refractivity contribution in [3.05, 3.63) is 71.8 Å². The molecule has 134 valence electrons. The van der Waals surface area contributed by atoms with Gasteiger partial charge in [0.1, 0.15) is 24.7 Å². The summed E-state index contributed by atoms with van der Waals surface area (Å²) in [6, 6.07) is 14.1. The molecule has 6 heteroatoms. The van der Waals surface area contributed by atoms with Crippen molar-refractivity contribution in [2.45, 2.75) is 0 Å². The predicted molar refractivity (Wildman–Crippen MR) is 97.7 cm³/mol. The molecule has 6 nitrogen and oxygen atoms in total. The molecule has 0 saturated heterocycles. The first-order chi connectivity index (χ1) is 12.8. The van der Waals surface area contributed by atoms with Gasteiger partial charge in [-0.15, -0.1) is 0 Å². The van der Waals surface area contributed by atoms with Crippen LogP contribution in [0.5, 0.6) is 11.5 Å². The molecule has 0 saturated carbocycles. The molecule has 0 spiro atoms. The minimum absolute atomic E-state index is 0.215. The van der Waals surface area contributed by atoms with Crippen LogP contribution in [0, 0.1) is 0 Å². The van der Waals surface area contributed by atoms with Gasteiger partial charge in [-0.05, 0) is 24.3 Å². The molecule has 2 aromatic rings.